The van der Waals surface area contributed by atoms with Crippen LogP contribution in [-0.4, -0.2) is 32.1 Å². The van der Waals surface area contributed by atoms with Gasteiger partial charge in [-0.1, -0.05) is 6.07 Å². The minimum atomic E-state index is -0.313. The van der Waals surface area contributed by atoms with Gasteiger partial charge in [-0.2, -0.15) is 0 Å². The van der Waals surface area contributed by atoms with Crippen LogP contribution in [0.5, 0.6) is 5.75 Å². The van der Waals surface area contributed by atoms with E-state index in [4.69, 9.17) is 4.74 Å². The first-order valence-electron chi connectivity index (χ1n) is 8.10. The fraction of sp³-hybridized carbons (Fsp3) is 0.588. The van der Waals surface area contributed by atoms with E-state index in [-0.39, 0.29) is 24.1 Å². The highest BCUT2D eigenvalue weighted by molar-refractivity contribution is 5.85. The average Bonchev–Trinajstić information content (AvgIpc) is 2.53. The Morgan fingerprint density at radius 1 is 1.43 bits per heavy atom. The Morgan fingerprint density at radius 2 is 2.30 bits per heavy atom. The van der Waals surface area contributed by atoms with Crippen molar-refractivity contribution in [1.82, 2.24) is 10.6 Å². The van der Waals surface area contributed by atoms with Crippen molar-refractivity contribution < 1.29 is 13.9 Å². The highest BCUT2D eigenvalue weighted by Crippen LogP contribution is 2.13. The van der Waals surface area contributed by atoms with E-state index in [0.29, 0.717) is 31.1 Å². The standard InChI is InChI=1S/C17H25FN2O2.ClH/c18-15-5-1-6-16(12-15)22-11-3-7-17(21)20-10-8-14-4-2-9-19-13-14;/h1,5-6,12,14,19H,2-4,7-11,13H2,(H,20,21);1H. The van der Waals surface area contributed by atoms with Gasteiger partial charge in [0.15, 0.2) is 0 Å². The smallest absolute Gasteiger partial charge is 0.220 e. The Bertz CT molecular complexity index is 468. The van der Waals surface area contributed by atoms with Gasteiger partial charge in [0.2, 0.25) is 5.91 Å². The molecular weight excluding hydrogens is 319 g/mol. The lowest BCUT2D eigenvalue weighted by Gasteiger charge is -2.22. The fourth-order valence-electron chi connectivity index (χ4n) is 2.65. The minimum absolute atomic E-state index is 0. The van der Waals surface area contributed by atoms with Crippen LogP contribution in [0.1, 0.15) is 32.1 Å². The lowest BCUT2D eigenvalue weighted by Crippen LogP contribution is -2.33. The number of benzene rings is 1. The summed E-state index contributed by atoms with van der Waals surface area (Å²) < 4.78 is 18.4. The highest BCUT2D eigenvalue weighted by atomic mass is 35.5. The van der Waals surface area contributed by atoms with E-state index in [1.807, 2.05) is 0 Å². The van der Waals surface area contributed by atoms with Gasteiger partial charge in [-0.15, -0.1) is 12.4 Å². The summed E-state index contributed by atoms with van der Waals surface area (Å²) in [6.45, 7) is 3.35. The zero-order valence-corrected chi connectivity index (χ0v) is 14.2. The van der Waals surface area contributed by atoms with Gasteiger partial charge in [0, 0.05) is 19.0 Å². The predicted molar refractivity (Wildman–Crippen MR) is 91.6 cm³/mol. The van der Waals surface area contributed by atoms with Crippen molar-refractivity contribution in [2.45, 2.75) is 32.1 Å². The zero-order valence-electron chi connectivity index (χ0n) is 13.4. The lowest BCUT2D eigenvalue weighted by molar-refractivity contribution is -0.121. The summed E-state index contributed by atoms with van der Waals surface area (Å²) in [4.78, 5) is 11.7. The molecule has 0 aromatic heterocycles. The molecule has 1 aromatic rings. The topological polar surface area (TPSA) is 50.4 Å². The van der Waals surface area contributed by atoms with E-state index in [2.05, 4.69) is 10.6 Å². The number of rotatable bonds is 8. The summed E-state index contributed by atoms with van der Waals surface area (Å²) in [6.07, 6.45) is 4.60. The van der Waals surface area contributed by atoms with Crippen LogP contribution in [0.25, 0.3) is 0 Å². The van der Waals surface area contributed by atoms with E-state index in [0.717, 1.165) is 26.1 Å². The number of carbonyl (C=O) groups excluding carboxylic acids is 1. The third-order valence-electron chi connectivity index (χ3n) is 3.89. The predicted octanol–water partition coefficient (Wildman–Crippen LogP) is 2.91. The van der Waals surface area contributed by atoms with Crippen molar-refractivity contribution in [2.24, 2.45) is 5.92 Å². The molecule has 6 heteroatoms. The molecule has 2 rings (SSSR count). The van der Waals surface area contributed by atoms with Crippen LogP contribution in [0, 0.1) is 11.7 Å². The number of hydrogen-bond donors (Lipinski definition) is 2. The molecule has 23 heavy (non-hydrogen) atoms. The maximum absolute atomic E-state index is 12.9. The molecule has 1 fully saturated rings. The lowest BCUT2D eigenvalue weighted by atomic mass is 9.96. The van der Waals surface area contributed by atoms with Gasteiger partial charge in [0.25, 0.3) is 0 Å². The van der Waals surface area contributed by atoms with Crippen LogP contribution in [0.4, 0.5) is 4.39 Å². The average molecular weight is 345 g/mol. The first kappa shape index (κ1) is 19.7. The first-order chi connectivity index (χ1) is 10.7. The maximum Gasteiger partial charge on any atom is 0.220 e. The molecule has 2 N–H and O–H groups in total. The van der Waals surface area contributed by atoms with Crippen LogP contribution >= 0.6 is 12.4 Å². The Balaban J connectivity index is 0.00000264. The Kier molecular flexibility index (Phi) is 9.64. The summed E-state index contributed by atoms with van der Waals surface area (Å²) in [5, 5.41) is 6.33. The van der Waals surface area contributed by atoms with Gasteiger partial charge in [0.05, 0.1) is 6.61 Å². The normalized spacial score (nSPS) is 17.2. The third-order valence-corrected chi connectivity index (χ3v) is 3.89. The highest BCUT2D eigenvalue weighted by Gasteiger charge is 2.12. The largest absolute Gasteiger partial charge is 0.493 e. The molecule has 130 valence electrons. The molecule has 4 nitrogen and oxygen atoms in total. The van der Waals surface area contributed by atoms with E-state index in [9.17, 15) is 9.18 Å². The second kappa shape index (κ2) is 11.2. The molecule has 1 amide bonds. The van der Waals surface area contributed by atoms with Crippen molar-refractivity contribution in [2.75, 3.05) is 26.2 Å². The van der Waals surface area contributed by atoms with Crippen LogP contribution in [0.3, 0.4) is 0 Å². The number of ether oxygens (including phenoxy) is 1. The molecular formula is C17H26ClFN2O2. The second-order valence-electron chi connectivity index (χ2n) is 5.76. The van der Waals surface area contributed by atoms with Crippen LogP contribution in [0.2, 0.25) is 0 Å². The van der Waals surface area contributed by atoms with Gasteiger partial charge < -0.3 is 15.4 Å². The van der Waals surface area contributed by atoms with Crippen molar-refractivity contribution in [3.8, 4) is 5.75 Å². The van der Waals surface area contributed by atoms with E-state index < -0.39 is 0 Å². The van der Waals surface area contributed by atoms with Crippen LogP contribution in [-0.2, 0) is 4.79 Å². The summed E-state index contributed by atoms with van der Waals surface area (Å²) in [5.74, 6) is 0.939. The maximum atomic E-state index is 12.9. The zero-order chi connectivity index (χ0) is 15.6. The number of hydrogen-bond acceptors (Lipinski definition) is 3. The SMILES string of the molecule is Cl.O=C(CCCOc1cccc(F)c1)NCCC1CCCNC1. The Hall–Kier alpha value is -1.33. The molecule has 1 atom stereocenters. The van der Waals surface area contributed by atoms with Gasteiger partial charge >= 0.3 is 0 Å². The monoisotopic (exact) mass is 344 g/mol. The van der Waals surface area contributed by atoms with Gasteiger partial charge in [0.1, 0.15) is 11.6 Å². The molecule has 0 saturated carbocycles. The summed E-state index contributed by atoms with van der Waals surface area (Å²) >= 11 is 0. The Labute approximate surface area is 143 Å². The quantitative estimate of drug-likeness (QED) is 0.713. The molecule has 1 saturated heterocycles. The molecule has 1 aliphatic rings. The Morgan fingerprint density at radius 3 is 3.04 bits per heavy atom. The van der Waals surface area contributed by atoms with Gasteiger partial charge in [-0.25, -0.2) is 4.39 Å². The van der Waals surface area contributed by atoms with Gasteiger partial charge in [-0.3, -0.25) is 4.79 Å². The molecule has 1 heterocycles. The number of halogens is 2. The molecule has 0 bridgehead atoms. The fourth-order valence-corrected chi connectivity index (χ4v) is 2.65. The summed E-state index contributed by atoms with van der Waals surface area (Å²) in [5.41, 5.74) is 0. The molecule has 1 unspecified atom stereocenters. The van der Waals surface area contributed by atoms with E-state index in [1.165, 1.54) is 25.0 Å². The van der Waals surface area contributed by atoms with E-state index in [1.54, 1.807) is 12.1 Å². The molecule has 0 radical (unpaired) electrons. The summed E-state index contributed by atoms with van der Waals surface area (Å²) in [6, 6.07) is 6.04. The summed E-state index contributed by atoms with van der Waals surface area (Å²) in [7, 11) is 0. The number of piperidine rings is 1. The molecule has 0 spiro atoms. The van der Waals surface area contributed by atoms with Crippen molar-refractivity contribution >= 4 is 18.3 Å². The molecule has 1 aromatic carbocycles. The van der Waals surface area contributed by atoms with Crippen LogP contribution in [0.15, 0.2) is 24.3 Å². The number of carbonyl (C=O) groups is 1. The minimum Gasteiger partial charge on any atom is -0.493 e. The first-order valence-corrected chi connectivity index (χ1v) is 8.10. The number of amides is 1. The van der Waals surface area contributed by atoms with Crippen molar-refractivity contribution in [3.05, 3.63) is 30.1 Å². The third kappa shape index (κ3) is 8.18. The van der Waals surface area contributed by atoms with Gasteiger partial charge in [-0.05, 0) is 56.8 Å². The van der Waals surface area contributed by atoms with Crippen molar-refractivity contribution in [1.29, 1.82) is 0 Å². The molecule has 0 aliphatic carbocycles. The van der Waals surface area contributed by atoms with Crippen molar-refractivity contribution in [3.63, 3.8) is 0 Å². The second-order valence-corrected chi connectivity index (χ2v) is 5.76. The molecule has 1 aliphatic heterocycles. The van der Waals surface area contributed by atoms with E-state index >= 15 is 0 Å². The van der Waals surface area contributed by atoms with Crippen LogP contribution < -0.4 is 15.4 Å². The number of nitrogens with one attached hydrogen (secondary N) is 2.